The van der Waals surface area contributed by atoms with E-state index in [1.165, 1.54) is 38.9 Å². The van der Waals surface area contributed by atoms with E-state index in [2.05, 4.69) is 32.9 Å². The third-order valence-electron chi connectivity index (χ3n) is 8.75. The van der Waals surface area contributed by atoms with Crippen molar-refractivity contribution in [2.24, 2.45) is 16.1 Å². The number of hydrogen-bond donors (Lipinski definition) is 4. The number of benzene rings is 2. The maximum atomic E-state index is 14.9. The smallest absolute Gasteiger partial charge is 0.407 e. The molecule has 2 aliphatic heterocycles. The van der Waals surface area contributed by atoms with E-state index in [0.717, 1.165) is 6.26 Å². The molecule has 1 unspecified atom stereocenters. The fraction of sp³-hybridized carbons (Fsp3) is 0.514. The highest BCUT2D eigenvalue weighted by Gasteiger charge is 2.55. The fourth-order valence-corrected chi connectivity index (χ4v) is 6.12. The Hall–Kier alpha value is -3.97. The number of halogens is 3. The largest absolute Gasteiger partial charge is 0.447 e. The summed E-state index contributed by atoms with van der Waals surface area (Å²) in [6.07, 6.45) is -2.12. The maximum Gasteiger partial charge on any atom is 0.407 e. The molecule has 16 heteroatoms. The van der Waals surface area contributed by atoms with Gasteiger partial charge in [0.25, 0.3) is 12.3 Å². The third-order valence-corrected chi connectivity index (χ3v) is 11.0. The normalized spacial score (nSPS) is 20.3. The van der Waals surface area contributed by atoms with Crippen molar-refractivity contribution >= 4 is 45.5 Å². The molecule has 278 valence electrons. The Morgan fingerprint density at radius 3 is 2.35 bits per heavy atom. The van der Waals surface area contributed by atoms with Crippen molar-refractivity contribution in [2.75, 3.05) is 24.5 Å². The van der Waals surface area contributed by atoms with Crippen LogP contribution in [0.25, 0.3) is 0 Å². The van der Waals surface area contributed by atoms with Gasteiger partial charge in [0.15, 0.2) is 9.84 Å². The van der Waals surface area contributed by atoms with E-state index in [0.29, 0.717) is 33.8 Å². The van der Waals surface area contributed by atoms with Gasteiger partial charge in [-0.25, -0.2) is 22.0 Å². The molecule has 2 aromatic rings. The summed E-state index contributed by atoms with van der Waals surface area (Å²) < 4.78 is 55.7. The first-order valence-electron chi connectivity index (χ1n) is 16.2. The third kappa shape index (κ3) is 8.92. The van der Waals surface area contributed by atoms with Crippen LogP contribution in [0.2, 0.25) is 5.02 Å². The molecular formula is C35H46ClF2N7O5S. The van der Waals surface area contributed by atoms with Crippen LogP contribution in [0.4, 0.5) is 19.3 Å². The van der Waals surface area contributed by atoms with Crippen LogP contribution < -0.4 is 26.8 Å². The minimum Gasteiger partial charge on any atom is -0.447 e. The van der Waals surface area contributed by atoms with Crippen LogP contribution in [0.1, 0.15) is 77.6 Å². The van der Waals surface area contributed by atoms with Gasteiger partial charge in [0.1, 0.15) is 36.2 Å². The molecule has 3 atom stereocenters. The number of alkyl halides is 2. The van der Waals surface area contributed by atoms with Crippen molar-refractivity contribution in [1.82, 2.24) is 21.0 Å². The molecule has 2 aliphatic rings. The number of alkyl carbamates (subject to hydrolysis) is 1. The molecule has 1 fully saturated rings. The number of sulfone groups is 1. The highest BCUT2D eigenvalue weighted by atomic mass is 35.5. The summed E-state index contributed by atoms with van der Waals surface area (Å²) in [6, 6.07) is 10.9. The molecule has 0 bridgehead atoms. The average Bonchev–Trinajstić information content (AvgIpc) is 3.63. The van der Waals surface area contributed by atoms with Crippen molar-refractivity contribution in [3.05, 3.63) is 64.2 Å². The van der Waals surface area contributed by atoms with Crippen LogP contribution in [-0.2, 0) is 24.9 Å². The molecule has 5 N–H and O–H groups in total. The zero-order valence-corrected chi connectivity index (χ0v) is 31.5. The predicted octanol–water partition coefficient (Wildman–Crippen LogP) is 4.64. The van der Waals surface area contributed by atoms with Crippen molar-refractivity contribution in [3.8, 4) is 11.8 Å². The monoisotopic (exact) mass is 749 g/mol. The molecule has 12 nitrogen and oxygen atoms in total. The number of rotatable bonds is 10. The molecule has 2 aromatic carbocycles. The zero-order chi connectivity index (χ0) is 38.2. The molecule has 2 heterocycles. The standard InChI is InChI=1S/C35H46ClF2N7O5S/c1-32(2,3)19-35(24-12-9-22(10-13-24)15-16-33(4,5)51(8,48)49)29(46)45(30(39)42-35)27(18-50-31(47)43-34(6,7)28(37)38)23-11-14-25(36)26(17-23)44-21-40-20-41-44/h9-14,17,20,27-28,30,42H,18-19,21,39H2,1-8H3,(H,40,41)(H,43,47)/t27-,30?,35-/m1/s1. The van der Waals surface area contributed by atoms with E-state index in [1.54, 1.807) is 47.5 Å². The lowest BCUT2D eigenvalue weighted by atomic mass is 9.75. The number of carbonyl (C=O) groups is 2. The number of nitrogens with zero attached hydrogens (tertiary/aromatic N) is 3. The number of amides is 2. The van der Waals surface area contributed by atoms with E-state index in [9.17, 15) is 26.8 Å². The van der Waals surface area contributed by atoms with Crippen LogP contribution in [0.3, 0.4) is 0 Å². The second-order valence-electron chi connectivity index (χ2n) is 15.0. The van der Waals surface area contributed by atoms with Gasteiger partial charge in [0.2, 0.25) is 0 Å². The Bertz CT molecular complexity index is 1830. The summed E-state index contributed by atoms with van der Waals surface area (Å²) in [7, 11) is -3.44. The molecule has 0 aromatic heterocycles. The number of carbonyl (C=O) groups excluding carboxylic acids is 2. The van der Waals surface area contributed by atoms with Gasteiger partial charge in [0, 0.05) is 11.8 Å². The summed E-state index contributed by atoms with van der Waals surface area (Å²) >= 11 is 6.55. The number of hydrazine groups is 1. The van der Waals surface area contributed by atoms with Crippen LogP contribution in [-0.4, -0.2) is 74.2 Å². The lowest BCUT2D eigenvalue weighted by Crippen LogP contribution is -2.50. The first-order valence-corrected chi connectivity index (χ1v) is 18.5. The average molecular weight is 750 g/mol. The summed E-state index contributed by atoms with van der Waals surface area (Å²) in [4.78, 5) is 33.3. The van der Waals surface area contributed by atoms with E-state index in [1.807, 2.05) is 20.8 Å². The number of hydrogen-bond acceptors (Lipinski definition) is 10. The van der Waals surface area contributed by atoms with Gasteiger partial charge in [-0.15, -0.1) is 0 Å². The van der Waals surface area contributed by atoms with Crippen LogP contribution >= 0.6 is 11.6 Å². The number of anilines is 1. The van der Waals surface area contributed by atoms with Gasteiger partial charge in [-0.2, -0.15) is 0 Å². The maximum absolute atomic E-state index is 14.9. The minimum absolute atomic E-state index is 0.264. The number of nitrogens with two attached hydrogens (primary N) is 1. The molecular weight excluding hydrogens is 704 g/mol. The van der Waals surface area contributed by atoms with Crippen LogP contribution in [0.5, 0.6) is 0 Å². The Morgan fingerprint density at radius 1 is 1.16 bits per heavy atom. The molecule has 0 saturated carbocycles. The summed E-state index contributed by atoms with van der Waals surface area (Å²) in [5.74, 6) is 5.33. The number of nitrogens with one attached hydrogen (secondary N) is 3. The van der Waals surface area contributed by atoms with Gasteiger partial charge in [-0.1, -0.05) is 62.4 Å². The van der Waals surface area contributed by atoms with E-state index in [4.69, 9.17) is 22.1 Å². The molecule has 0 aliphatic carbocycles. The Morgan fingerprint density at radius 2 is 1.80 bits per heavy atom. The second-order valence-corrected chi connectivity index (χ2v) is 18.0. The lowest BCUT2D eigenvalue weighted by molar-refractivity contribution is -0.137. The van der Waals surface area contributed by atoms with E-state index >= 15 is 0 Å². The topological polar surface area (TPSA) is 158 Å². The first kappa shape index (κ1) is 39.8. The van der Waals surface area contributed by atoms with Gasteiger partial charge >= 0.3 is 6.09 Å². The van der Waals surface area contributed by atoms with E-state index in [-0.39, 0.29) is 6.67 Å². The van der Waals surface area contributed by atoms with Crippen molar-refractivity contribution in [1.29, 1.82) is 0 Å². The van der Waals surface area contributed by atoms with Crippen LogP contribution in [0, 0.1) is 17.3 Å². The summed E-state index contributed by atoms with van der Waals surface area (Å²) in [5.41, 5.74) is 8.24. The quantitative estimate of drug-likeness (QED) is 0.254. The molecule has 0 radical (unpaired) electrons. The molecule has 4 rings (SSSR count). The van der Waals surface area contributed by atoms with Gasteiger partial charge in [-0.05, 0) is 74.9 Å². The fourth-order valence-electron chi connectivity index (χ4n) is 5.66. The second kappa shape index (κ2) is 14.6. The highest BCUT2D eigenvalue weighted by molar-refractivity contribution is 7.92. The van der Waals surface area contributed by atoms with E-state index < -0.39 is 68.4 Å². The minimum atomic E-state index is -3.44. The zero-order valence-electron chi connectivity index (χ0n) is 30.0. The summed E-state index contributed by atoms with van der Waals surface area (Å²) in [5, 5.41) is 7.57. The molecule has 1 saturated heterocycles. The Labute approximate surface area is 303 Å². The van der Waals surface area contributed by atoms with Crippen LogP contribution in [0.15, 0.2) is 47.5 Å². The van der Waals surface area contributed by atoms with Crippen molar-refractivity contribution < 1.29 is 31.5 Å². The van der Waals surface area contributed by atoms with Gasteiger partial charge < -0.3 is 15.0 Å². The molecule has 51 heavy (non-hydrogen) atoms. The van der Waals surface area contributed by atoms with Gasteiger partial charge in [-0.3, -0.25) is 31.3 Å². The molecule has 0 spiro atoms. The Balaban J connectivity index is 1.77. The molecule has 2 amide bonds. The van der Waals surface area contributed by atoms with Gasteiger partial charge in [0.05, 0.1) is 22.3 Å². The predicted molar refractivity (Wildman–Crippen MR) is 194 cm³/mol. The number of aliphatic imine (C=N–C) groups is 1. The highest BCUT2D eigenvalue weighted by Crippen LogP contribution is 2.43. The number of ether oxygens (including phenoxy) is 1. The van der Waals surface area contributed by atoms with Crippen molar-refractivity contribution in [3.63, 3.8) is 0 Å². The lowest BCUT2D eigenvalue weighted by Gasteiger charge is -2.35. The SMILES string of the molecule is CC(C)(C)C[C@]1(c2ccc(C#CC(C)(C)S(C)(=O)=O)cc2)NC(N)N([C@H](COC(=O)NC(C)(C)C(F)F)c2ccc(Cl)c(N3CN=CN3)c2)C1=O. The summed E-state index contributed by atoms with van der Waals surface area (Å²) in [6.45, 7) is 11.2. The Kier molecular flexibility index (Phi) is 11.4. The van der Waals surface area contributed by atoms with Crippen molar-refractivity contribution in [2.45, 2.75) is 89.5 Å². The first-order chi connectivity index (χ1) is 23.5.